The normalized spacial score (nSPS) is 20.2. The van der Waals surface area contributed by atoms with E-state index in [1.165, 1.54) is 29.5 Å². The summed E-state index contributed by atoms with van der Waals surface area (Å²) in [4.78, 5) is 0. The molecule has 5 N–H and O–H groups in total. The molecule has 0 heterocycles. The van der Waals surface area contributed by atoms with Gasteiger partial charge in [-0.3, -0.25) is 0 Å². The van der Waals surface area contributed by atoms with Gasteiger partial charge in [0.05, 0.1) is 0 Å². The first-order valence-electron chi connectivity index (χ1n) is 10.6. The molecule has 5 heteroatoms. The lowest BCUT2D eigenvalue weighted by Gasteiger charge is -2.20. The smallest absolute Gasteiger partial charge is 0.427 e. The predicted molar refractivity (Wildman–Crippen MR) is 117 cm³/mol. The summed E-state index contributed by atoms with van der Waals surface area (Å²) in [5, 5.41) is 21.5. The molecule has 2 aromatic carbocycles. The molecule has 0 saturated heterocycles. The van der Waals surface area contributed by atoms with Gasteiger partial charge in [-0.15, -0.1) is 0 Å². The number of hydrogen-bond acceptors (Lipinski definition) is 4. The molecule has 28 heavy (non-hydrogen) atoms. The highest BCUT2D eigenvalue weighted by atomic mass is 16.4. The topological polar surface area (TPSA) is 78.5 Å². The van der Waals surface area contributed by atoms with Crippen molar-refractivity contribution in [3.05, 3.63) is 60.2 Å². The van der Waals surface area contributed by atoms with E-state index >= 15 is 0 Å². The molecular formula is C23H33BN2O2. The minimum absolute atomic E-state index is 0.229. The third kappa shape index (κ3) is 6.45. The highest BCUT2D eigenvalue weighted by Gasteiger charge is 2.28. The Labute approximate surface area is 169 Å². The van der Waals surface area contributed by atoms with Crippen molar-refractivity contribution in [3.8, 4) is 11.1 Å². The highest BCUT2D eigenvalue weighted by Crippen LogP contribution is 2.30. The number of unbranched alkanes of at least 4 members (excludes halogenated alkanes) is 1. The summed E-state index contributed by atoms with van der Waals surface area (Å²) in [5.74, 6) is 0.581. The van der Waals surface area contributed by atoms with Crippen molar-refractivity contribution in [1.82, 2.24) is 5.32 Å². The maximum Gasteiger partial charge on any atom is 0.451 e. The number of nitrogens with two attached hydrogens (primary N) is 1. The molecule has 1 aliphatic carbocycles. The molecular weight excluding hydrogens is 347 g/mol. The van der Waals surface area contributed by atoms with Crippen LogP contribution in [-0.4, -0.2) is 29.3 Å². The van der Waals surface area contributed by atoms with Gasteiger partial charge in [0.15, 0.2) is 0 Å². The maximum absolute atomic E-state index is 8.91. The third-order valence-corrected chi connectivity index (χ3v) is 5.98. The van der Waals surface area contributed by atoms with Gasteiger partial charge in [0.25, 0.3) is 0 Å². The van der Waals surface area contributed by atoms with Crippen LogP contribution in [0.1, 0.15) is 44.1 Å². The molecule has 0 amide bonds. The van der Waals surface area contributed by atoms with Crippen LogP contribution in [0.15, 0.2) is 54.6 Å². The van der Waals surface area contributed by atoms with E-state index in [9.17, 15) is 0 Å². The third-order valence-electron chi connectivity index (χ3n) is 5.98. The molecule has 0 radical (unpaired) electrons. The van der Waals surface area contributed by atoms with Crippen molar-refractivity contribution in [2.24, 2.45) is 11.7 Å². The van der Waals surface area contributed by atoms with E-state index in [0.29, 0.717) is 18.3 Å². The van der Waals surface area contributed by atoms with Crippen LogP contribution in [0.25, 0.3) is 11.1 Å². The van der Waals surface area contributed by atoms with Crippen molar-refractivity contribution in [2.75, 3.05) is 0 Å². The first-order chi connectivity index (χ1) is 13.6. The quantitative estimate of drug-likeness (QED) is 0.375. The second-order valence-electron chi connectivity index (χ2n) is 8.14. The van der Waals surface area contributed by atoms with Crippen molar-refractivity contribution < 1.29 is 10.0 Å². The van der Waals surface area contributed by atoms with Crippen molar-refractivity contribution in [2.45, 2.75) is 63.5 Å². The molecule has 0 aromatic heterocycles. The molecule has 1 unspecified atom stereocenters. The Balaban J connectivity index is 1.38. The zero-order chi connectivity index (χ0) is 19.8. The molecule has 1 saturated carbocycles. The van der Waals surface area contributed by atoms with Crippen molar-refractivity contribution in [1.29, 1.82) is 0 Å². The Bertz CT molecular complexity index is 694. The Kier molecular flexibility index (Phi) is 8.10. The average Bonchev–Trinajstić information content (AvgIpc) is 3.20. The van der Waals surface area contributed by atoms with E-state index in [2.05, 4.69) is 53.8 Å². The summed E-state index contributed by atoms with van der Waals surface area (Å²) in [6.45, 7) is 0.899. The minimum Gasteiger partial charge on any atom is -0.427 e. The fourth-order valence-electron chi connectivity index (χ4n) is 4.24. The van der Waals surface area contributed by atoms with E-state index in [1.807, 2.05) is 6.07 Å². The van der Waals surface area contributed by atoms with E-state index in [-0.39, 0.29) is 6.04 Å². The maximum atomic E-state index is 8.91. The average molecular weight is 380 g/mol. The van der Waals surface area contributed by atoms with Crippen LogP contribution in [0.2, 0.25) is 6.32 Å². The van der Waals surface area contributed by atoms with E-state index in [4.69, 9.17) is 15.8 Å². The first-order valence-corrected chi connectivity index (χ1v) is 10.6. The lowest BCUT2D eigenvalue weighted by atomic mass is 9.82. The summed E-state index contributed by atoms with van der Waals surface area (Å²) >= 11 is 0. The molecule has 2 aromatic rings. The van der Waals surface area contributed by atoms with E-state index in [1.54, 1.807) is 0 Å². The van der Waals surface area contributed by atoms with Crippen molar-refractivity contribution >= 4 is 7.12 Å². The Morgan fingerprint density at radius 3 is 2.39 bits per heavy atom. The van der Waals surface area contributed by atoms with Gasteiger partial charge < -0.3 is 21.1 Å². The lowest BCUT2D eigenvalue weighted by Crippen LogP contribution is -2.31. The Morgan fingerprint density at radius 1 is 0.964 bits per heavy atom. The van der Waals surface area contributed by atoms with Gasteiger partial charge >= 0.3 is 7.12 Å². The molecule has 0 spiro atoms. The Hall–Kier alpha value is -1.66. The van der Waals surface area contributed by atoms with Crippen LogP contribution < -0.4 is 11.1 Å². The van der Waals surface area contributed by atoms with Gasteiger partial charge in [0.2, 0.25) is 0 Å². The van der Waals surface area contributed by atoms with Gasteiger partial charge in [-0.2, -0.15) is 0 Å². The molecule has 150 valence electrons. The Morgan fingerprint density at radius 2 is 1.68 bits per heavy atom. The largest absolute Gasteiger partial charge is 0.451 e. The first kappa shape index (κ1) is 21.1. The van der Waals surface area contributed by atoms with Gasteiger partial charge in [-0.1, -0.05) is 67.4 Å². The molecule has 0 bridgehead atoms. The van der Waals surface area contributed by atoms with Crippen LogP contribution in [0.5, 0.6) is 0 Å². The second-order valence-corrected chi connectivity index (χ2v) is 8.14. The molecule has 3 atom stereocenters. The summed E-state index contributed by atoms with van der Waals surface area (Å²) in [6.07, 6.45) is 6.76. The number of benzene rings is 2. The van der Waals surface area contributed by atoms with Gasteiger partial charge in [0, 0.05) is 18.6 Å². The minimum atomic E-state index is -1.18. The highest BCUT2D eigenvalue weighted by molar-refractivity contribution is 6.40. The second kappa shape index (κ2) is 10.8. The van der Waals surface area contributed by atoms with E-state index in [0.717, 1.165) is 32.2 Å². The predicted octanol–water partition coefficient (Wildman–Crippen LogP) is 3.58. The molecule has 4 nitrogen and oxygen atoms in total. The van der Waals surface area contributed by atoms with Crippen LogP contribution in [0.3, 0.4) is 0 Å². The number of hydrogen-bond donors (Lipinski definition) is 4. The fraction of sp³-hybridized carbons (Fsp3) is 0.478. The van der Waals surface area contributed by atoms with Crippen LogP contribution in [0, 0.1) is 5.92 Å². The summed E-state index contributed by atoms with van der Waals surface area (Å²) < 4.78 is 0. The standard InChI is InChI=1S/C23H33BN2O2/c25-23(8-4-5-15-24(27)28)21-13-14-22(16-21)26-17-18-9-11-20(12-10-18)19-6-2-1-3-7-19/h1-3,6-7,9-12,21-23,26-28H,4-5,8,13-17,25H2/t21-,22+,23?/m1/s1. The van der Waals surface area contributed by atoms with Gasteiger partial charge in [0.1, 0.15) is 0 Å². The van der Waals surface area contributed by atoms with Gasteiger partial charge in [-0.05, 0) is 54.6 Å². The molecule has 1 fully saturated rings. The zero-order valence-electron chi connectivity index (χ0n) is 16.6. The van der Waals surface area contributed by atoms with Crippen LogP contribution in [-0.2, 0) is 6.54 Å². The molecule has 0 aliphatic heterocycles. The van der Waals surface area contributed by atoms with Crippen LogP contribution in [0.4, 0.5) is 0 Å². The fourth-order valence-corrected chi connectivity index (χ4v) is 4.24. The zero-order valence-corrected chi connectivity index (χ0v) is 16.6. The van der Waals surface area contributed by atoms with Crippen LogP contribution >= 0.6 is 0 Å². The summed E-state index contributed by atoms with van der Waals surface area (Å²) in [7, 11) is -1.18. The number of nitrogens with one attached hydrogen (secondary N) is 1. The number of rotatable bonds is 10. The lowest BCUT2D eigenvalue weighted by molar-refractivity contribution is 0.378. The summed E-state index contributed by atoms with van der Waals surface area (Å²) in [5.41, 5.74) is 10.2. The van der Waals surface area contributed by atoms with Crippen molar-refractivity contribution in [3.63, 3.8) is 0 Å². The summed E-state index contributed by atoms with van der Waals surface area (Å²) in [6, 6.07) is 20.1. The van der Waals surface area contributed by atoms with E-state index < -0.39 is 7.12 Å². The van der Waals surface area contributed by atoms with Gasteiger partial charge in [-0.25, -0.2) is 0 Å². The molecule has 3 rings (SSSR count). The molecule has 1 aliphatic rings. The monoisotopic (exact) mass is 380 g/mol. The SMILES string of the molecule is NC(CCCCB(O)O)[C@@H]1CC[C@H](NCc2ccc(-c3ccccc3)cc2)C1.